The van der Waals surface area contributed by atoms with Crippen molar-refractivity contribution in [1.29, 1.82) is 0 Å². The Bertz CT molecular complexity index is 985. The first-order valence-electron chi connectivity index (χ1n) is 9.92. The first-order chi connectivity index (χ1) is 14.8. The van der Waals surface area contributed by atoms with Gasteiger partial charge in [0.15, 0.2) is 5.82 Å². The van der Waals surface area contributed by atoms with E-state index >= 15 is 0 Å². The number of carbonyl (C=O) groups is 2. The van der Waals surface area contributed by atoms with E-state index in [-0.39, 0.29) is 24.0 Å². The average molecular weight is 434 g/mol. The van der Waals surface area contributed by atoms with Crippen LogP contribution in [0.1, 0.15) is 30.3 Å². The summed E-state index contributed by atoms with van der Waals surface area (Å²) < 4.78 is 39.1. The number of nitrogens with one attached hydrogen (secondary N) is 2. The first kappa shape index (κ1) is 20.9. The lowest BCUT2D eigenvalue weighted by molar-refractivity contribution is -0.153. The predicted octanol–water partition coefficient (Wildman–Crippen LogP) is 3.18. The molecule has 164 valence electrons. The van der Waals surface area contributed by atoms with Crippen LogP contribution in [0.3, 0.4) is 0 Å². The Hall–Kier alpha value is -3.37. The molecule has 0 spiro atoms. The van der Waals surface area contributed by atoms with Crippen LogP contribution in [0.2, 0.25) is 0 Å². The molecule has 2 aromatic rings. The molecule has 2 N–H and O–H groups in total. The zero-order valence-corrected chi connectivity index (χ0v) is 16.7. The number of fused-ring (bicyclic) bond motifs is 4. The summed E-state index contributed by atoms with van der Waals surface area (Å²) in [6, 6.07) is 5.50. The van der Waals surface area contributed by atoms with Crippen LogP contribution in [0.5, 0.6) is 0 Å². The maximum Gasteiger partial charge on any atom is 0.408 e. The highest BCUT2D eigenvalue weighted by Gasteiger charge is 2.42. The van der Waals surface area contributed by atoms with Gasteiger partial charge in [0, 0.05) is 19.3 Å². The van der Waals surface area contributed by atoms with Crippen molar-refractivity contribution in [1.82, 2.24) is 15.3 Å². The quantitative estimate of drug-likeness (QED) is 0.772. The number of pyridine rings is 2. The molecule has 8 nitrogen and oxygen atoms in total. The lowest BCUT2D eigenvalue weighted by Crippen LogP contribution is -2.49. The van der Waals surface area contributed by atoms with Gasteiger partial charge >= 0.3 is 12.2 Å². The van der Waals surface area contributed by atoms with Crippen LogP contribution in [0.25, 0.3) is 0 Å². The van der Waals surface area contributed by atoms with Crippen LogP contribution in [-0.2, 0) is 0 Å². The number of hydrogen-bond acceptors (Lipinski definition) is 5. The Morgan fingerprint density at radius 2 is 2.06 bits per heavy atom. The normalized spacial score (nSPS) is 18.4. The van der Waals surface area contributed by atoms with E-state index in [0.29, 0.717) is 31.0 Å². The van der Waals surface area contributed by atoms with Crippen LogP contribution in [-0.4, -0.2) is 53.3 Å². The van der Waals surface area contributed by atoms with Crippen LogP contribution in [0.15, 0.2) is 36.5 Å². The van der Waals surface area contributed by atoms with Gasteiger partial charge < -0.3 is 10.2 Å². The van der Waals surface area contributed by atoms with E-state index in [1.54, 1.807) is 30.5 Å². The summed E-state index contributed by atoms with van der Waals surface area (Å²) in [6.45, 7) is 2.67. The lowest BCUT2D eigenvalue weighted by atomic mass is 10.1. The number of alkyl halides is 3. The van der Waals surface area contributed by atoms with Gasteiger partial charge in [-0.25, -0.2) is 14.8 Å². The molecular formula is C20H21F3N6O2. The fraction of sp³-hybridized carbons (Fsp3) is 0.400. The number of aromatic nitrogens is 2. The van der Waals surface area contributed by atoms with Crippen molar-refractivity contribution in [3.05, 3.63) is 42.2 Å². The molecule has 0 saturated carbocycles. The number of hydrogen-bond donors (Lipinski definition) is 2. The first-order valence-corrected chi connectivity index (χ1v) is 9.92. The van der Waals surface area contributed by atoms with Crippen molar-refractivity contribution in [2.45, 2.75) is 38.0 Å². The van der Waals surface area contributed by atoms with Crippen molar-refractivity contribution < 1.29 is 22.8 Å². The fourth-order valence-electron chi connectivity index (χ4n) is 3.85. The number of carbonyl (C=O) groups excluding carboxylic acids is 2. The number of anilines is 3. The van der Waals surface area contributed by atoms with E-state index in [2.05, 4.69) is 15.3 Å². The predicted molar refractivity (Wildman–Crippen MR) is 108 cm³/mol. The summed E-state index contributed by atoms with van der Waals surface area (Å²) in [6.07, 6.45) is -2.60. The highest BCUT2D eigenvalue weighted by molar-refractivity contribution is 6.05. The molecular weight excluding hydrogens is 413 g/mol. The molecule has 11 heteroatoms. The van der Waals surface area contributed by atoms with Crippen molar-refractivity contribution in [3.63, 3.8) is 0 Å². The molecule has 4 rings (SSSR count). The van der Waals surface area contributed by atoms with Crippen molar-refractivity contribution >= 4 is 29.3 Å². The molecule has 2 atom stereocenters. The maximum atomic E-state index is 13.0. The molecule has 2 bridgehead atoms. The number of nitrogens with zero attached hydrogens (tertiary/aromatic N) is 4. The molecule has 2 aliphatic heterocycles. The van der Waals surface area contributed by atoms with Crippen molar-refractivity contribution in [2.24, 2.45) is 0 Å². The topological polar surface area (TPSA) is 90.5 Å². The lowest BCUT2D eigenvalue weighted by Gasteiger charge is -2.35. The molecule has 1 fully saturated rings. The van der Waals surface area contributed by atoms with Crippen LogP contribution < -0.4 is 20.4 Å². The fourth-order valence-corrected chi connectivity index (χ4v) is 3.85. The Morgan fingerprint density at radius 1 is 1.26 bits per heavy atom. The van der Waals surface area contributed by atoms with Gasteiger partial charge in [-0.05, 0) is 37.1 Å². The molecule has 2 aliphatic rings. The standard InChI is InChI=1S/C20H21F3N6O2/c1-2-15(20(21,22)23)26-18(30)13-6-7-14-17(25-13)29(12-8-10-28(14)11-12)19(31)27-16-5-3-4-9-24-16/h3-7,9,12,15H,2,8,10-11H2,1H3,(H,26,30)(H,24,27,31)/t12-,15?/m0/s1. The minimum Gasteiger partial charge on any atom is -0.366 e. The summed E-state index contributed by atoms with van der Waals surface area (Å²) in [7, 11) is 0. The van der Waals surface area contributed by atoms with Crippen LogP contribution in [0, 0.1) is 0 Å². The Labute approximate surface area is 176 Å². The van der Waals surface area contributed by atoms with Crippen molar-refractivity contribution in [2.75, 3.05) is 28.2 Å². The van der Waals surface area contributed by atoms with E-state index < -0.39 is 24.2 Å². The van der Waals surface area contributed by atoms with Gasteiger partial charge in [0.1, 0.15) is 17.6 Å². The minimum absolute atomic E-state index is 0.166. The van der Waals surface area contributed by atoms with Gasteiger partial charge in [0.2, 0.25) is 0 Å². The zero-order valence-electron chi connectivity index (χ0n) is 16.7. The van der Waals surface area contributed by atoms with E-state index in [4.69, 9.17) is 0 Å². The smallest absolute Gasteiger partial charge is 0.366 e. The van der Waals surface area contributed by atoms with Gasteiger partial charge in [-0.15, -0.1) is 0 Å². The monoisotopic (exact) mass is 434 g/mol. The number of urea groups is 1. The third-order valence-corrected chi connectivity index (χ3v) is 5.41. The molecule has 0 aliphatic carbocycles. The highest BCUT2D eigenvalue weighted by atomic mass is 19.4. The molecule has 31 heavy (non-hydrogen) atoms. The number of rotatable bonds is 4. The van der Waals surface area contributed by atoms with E-state index in [0.717, 1.165) is 0 Å². The maximum absolute atomic E-state index is 13.0. The molecule has 3 amide bonds. The van der Waals surface area contributed by atoms with Gasteiger partial charge in [-0.2, -0.15) is 13.2 Å². The van der Waals surface area contributed by atoms with Gasteiger partial charge in [0.25, 0.3) is 5.91 Å². The third-order valence-electron chi connectivity index (χ3n) is 5.41. The summed E-state index contributed by atoms with van der Waals surface area (Å²) in [5, 5.41) is 4.70. The second kappa shape index (κ2) is 8.05. The molecule has 1 saturated heterocycles. The second-order valence-corrected chi connectivity index (χ2v) is 7.42. The second-order valence-electron chi connectivity index (χ2n) is 7.42. The van der Waals surface area contributed by atoms with Crippen LogP contribution >= 0.6 is 0 Å². The molecule has 0 aromatic carbocycles. The Balaban J connectivity index is 1.63. The Kier molecular flexibility index (Phi) is 5.42. The minimum atomic E-state index is -4.56. The zero-order chi connectivity index (χ0) is 22.2. The average Bonchev–Trinajstić information content (AvgIpc) is 3.15. The third kappa shape index (κ3) is 4.12. The van der Waals surface area contributed by atoms with Crippen LogP contribution in [0.4, 0.5) is 35.3 Å². The van der Waals surface area contributed by atoms with E-state index in [1.165, 1.54) is 17.9 Å². The largest absolute Gasteiger partial charge is 0.408 e. The van der Waals surface area contributed by atoms with E-state index in [9.17, 15) is 22.8 Å². The van der Waals surface area contributed by atoms with E-state index in [1.807, 2.05) is 10.2 Å². The summed E-state index contributed by atoms with van der Waals surface area (Å²) in [5.41, 5.74) is 0.476. The van der Waals surface area contributed by atoms with Gasteiger partial charge in [-0.1, -0.05) is 13.0 Å². The highest BCUT2D eigenvalue weighted by Crippen LogP contribution is 2.39. The molecule has 0 radical (unpaired) electrons. The van der Waals surface area contributed by atoms with Crippen molar-refractivity contribution in [3.8, 4) is 0 Å². The molecule has 1 unspecified atom stereocenters. The summed E-state index contributed by atoms with van der Waals surface area (Å²) >= 11 is 0. The number of halogens is 3. The van der Waals surface area contributed by atoms with Gasteiger partial charge in [-0.3, -0.25) is 15.0 Å². The summed E-state index contributed by atoms with van der Waals surface area (Å²) in [4.78, 5) is 37.4. The molecule has 4 heterocycles. The summed E-state index contributed by atoms with van der Waals surface area (Å²) in [5.74, 6) is -0.334. The number of amides is 3. The Morgan fingerprint density at radius 3 is 2.74 bits per heavy atom. The molecule has 2 aromatic heterocycles. The van der Waals surface area contributed by atoms with Gasteiger partial charge in [0.05, 0.1) is 11.7 Å². The SMILES string of the molecule is CCC(NC(=O)c1ccc2c(n1)N(C(=O)Nc1ccccn1)[C@H]1CCN2C1)C(F)(F)F.